The lowest BCUT2D eigenvalue weighted by atomic mass is 9.93. The summed E-state index contributed by atoms with van der Waals surface area (Å²) in [4.78, 5) is 14.7. The van der Waals surface area contributed by atoms with E-state index in [4.69, 9.17) is 9.97 Å². The molecule has 214 valence electrons. The van der Waals surface area contributed by atoms with E-state index in [1.807, 2.05) is 18.5 Å². The van der Waals surface area contributed by atoms with Gasteiger partial charge in [0.25, 0.3) is 0 Å². The van der Waals surface area contributed by atoms with E-state index in [9.17, 15) is 0 Å². The fourth-order valence-corrected chi connectivity index (χ4v) is 11.0. The molecule has 2 aromatic carbocycles. The van der Waals surface area contributed by atoms with Gasteiger partial charge in [0.1, 0.15) is 0 Å². The standard InChI is InChI=1S/C29H25N4.2C4H9.Al/c1-3-4-7-25-18(2)13-20-10-11-22-15-24(17-32-28(22)29(20)33-25)23-14-21-9-8-19-6-5-12-30-26(19)27(21)31-16-23;2*1-3-4-2;/h5-6,8-17,25H,3-4,7H2,1-2H3;2*1,3-4H2,2H3;/q-1;;;+1. The first kappa shape index (κ1) is 28.8. The molecule has 0 N–H and O–H groups in total. The van der Waals surface area contributed by atoms with Gasteiger partial charge < -0.3 is 3.88 Å². The van der Waals surface area contributed by atoms with Crippen molar-refractivity contribution in [3.63, 3.8) is 0 Å². The summed E-state index contributed by atoms with van der Waals surface area (Å²) >= 11 is -1.22. The Morgan fingerprint density at radius 1 is 0.714 bits per heavy atom. The average Bonchev–Trinajstić information content (AvgIpc) is 3.03. The first-order valence-corrected chi connectivity index (χ1v) is 18.3. The van der Waals surface area contributed by atoms with Gasteiger partial charge in [-0.2, -0.15) is 0 Å². The Hall–Kier alpha value is -3.26. The molecule has 0 spiro atoms. The number of benzene rings is 2. The molecule has 1 unspecified atom stereocenters. The van der Waals surface area contributed by atoms with Crippen molar-refractivity contribution in [2.24, 2.45) is 0 Å². The zero-order valence-corrected chi connectivity index (χ0v) is 26.9. The second-order valence-corrected chi connectivity index (χ2v) is 15.1. The van der Waals surface area contributed by atoms with Crippen molar-refractivity contribution in [1.29, 1.82) is 0 Å². The Balaban J connectivity index is 1.45. The molecular weight excluding hydrogens is 527 g/mol. The summed E-state index contributed by atoms with van der Waals surface area (Å²) in [7, 11) is 0. The maximum Gasteiger partial charge on any atom is 0.414 e. The van der Waals surface area contributed by atoms with E-state index in [0.29, 0.717) is 6.04 Å². The summed E-state index contributed by atoms with van der Waals surface area (Å²) in [6.45, 7) is 9.37. The molecule has 0 bridgehead atoms. The maximum atomic E-state index is 5.24. The molecule has 5 heteroatoms. The summed E-state index contributed by atoms with van der Waals surface area (Å²) in [6, 6.07) is 18.0. The van der Waals surface area contributed by atoms with Crippen molar-refractivity contribution in [2.75, 3.05) is 3.88 Å². The van der Waals surface area contributed by atoms with Gasteiger partial charge in [-0.3, -0.25) is 15.0 Å². The van der Waals surface area contributed by atoms with E-state index >= 15 is 0 Å². The van der Waals surface area contributed by atoms with Crippen LogP contribution in [0.1, 0.15) is 78.2 Å². The van der Waals surface area contributed by atoms with Crippen LogP contribution < -0.4 is 3.88 Å². The van der Waals surface area contributed by atoms with Crippen LogP contribution in [-0.4, -0.2) is 35.4 Å². The van der Waals surface area contributed by atoms with Crippen molar-refractivity contribution in [3.05, 3.63) is 78.3 Å². The van der Waals surface area contributed by atoms with Gasteiger partial charge in [0, 0.05) is 57.6 Å². The summed E-state index contributed by atoms with van der Waals surface area (Å²) < 4.78 is 2.95. The fourth-order valence-electron chi connectivity index (χ4n) is 6.86. The van der Waals surface area contributed by atoms with Crippen LogP contribution in [0, 0.1) is 0 Å². The van der Waals surface area contributed by atoms with Crippen LogP contribution in [0.4, 0.5) is 5.69 Å². The van der Waals surface area contributed by atoms with Crippen molar-refractivity contribution >= 4 is 58.8 Å². The molecule has 5 aromatic rings. The lowest BCUT2D eigenvalue weighted by Crippen LogP contribution is -2.49. The van der Waals surface area contributed by atoms with Crippen LogP contribution in [0.15, 0.2) is 72.7 Å². The SMILES string of the molecule is CCCCC1C(C)=Cc2ccc3cc(-c4cnc5c(ccc6cccnc65)c4)cnc3c2[N]1[Al]([CH2]CCC)[CH2]CCC. The van der Waals surface area contributed by atoms with Crippen LogP contribution >= 0.6 is 0 Å². The Morgan fingerprint density at radius 3 is 2.05 bits per heavy atom. The van der Waals surface area contributed by atoms with Gasteiger partial charge in [0.2, 0.25) is 0 Å². The third kappa shape index (κ3) is 5.58. The lowest BCUT2D eigenvalue weighted by Gasteiger charge is -2.44. The molecular formula is C37H43AlN4. The van der Waals surface area contributed by atoms with E-state index in [1.165, 1.54) is 77.7 Å². The van der Waals surface area contributed by atoms with Gasteiger partial charge >= 0.3 is 14.4 Å². The number of aromatic nitrogens is 3. The molecule has 0 aliphatic carbocycles. The minimum atomic E-state index is -1.22. The van der Waals surface area contributed by atoms with E-state index in [0.717, 1.165) is 38.4 Å². The molecule has 0 radical (unpaired) electrons. The highest BCUT2D eigenvalue weighted by Crippen LogP contribution is 2.42. The molecule has 1 aliphatic rings. The average molecular weight is 571 g/mol. The third-order valence-electron chi connectivity index (χ3n) is 9.12. The number of hydrogen-bond acceptors (Lipinski definition) is 4. The molecule has 42 heavy (non-hydrogen) atoms. The van der Waals surface area contributed by atoms with Gasteiger partial charge in [0.15, 0.2) is 0 Å². The Labute approximate surface area is 255 Å². The molecule has 0 fully saturated rings. The number of unbranched alkanes of at least 4 members (excludes halogenated alkanes) is 3. The molecule has 4 heterocycles. The van der Waals surface area contributed by atoms with Crippen molar-refractivity contribution in [1.82, 2.24) is 15.0 Å². The number of pyridine rings is 3. The normalized spacial score (nSPS) is 14.9. The van der Waals surface area contributed by atoms with Gasteiger partial charge in [-0.15, -0.1) is 0 Å². The minimum Gasteiger partial charge on any atom is -0.455 e. The summed E-state index contributed by atoms with van der Waals surface area (Å²) in [5.74, 6) is 0. The molecule has 0 amide bonds. The predicted molar refractivity (Wildman–Crippen MR) is 182 cm³/mol. The first-order valence-electron chi connectivity index (χ1n) is 16.2. The Kier molecular flexibility index (Phi) is 8.89. The summed E-state index contributed by atoms with van der Waals surface area (Å²) in [6.07, 6.45) is 17.3. The second-order valence-electron chi connectivity index (χ2n) is 12.1. The molecule has 4 nitrogen and oxygen atoms in total. The quantitative estimate of drug-likeness (QED) is 0.117. The minimum absolute atomic E-state index is 0.503. The fraction of sp³-hybridized carbons (Fsp3) is 0.378. The first-order chi connectivity index (χ1) is 20.6. The van der Waals surface area contributed by atoms with Gasteiger partial charge in [-0.25, -0.2) is 0 Å². The van der Waals surface area contributed by atoms with Crippen LogP contribution in [-0.2, 0) is 0 Å². The number of anilines is 1. The highest BCUT2D eigenvalue weighted by Gasteiger charge is 2.36. The van der Waals surface area contributed by atoms with Crippen molar-refractivity contribution < 1.29 is 0 Å². The predicted octanol–water partition coefficient (Wildman–Crippen LogP) is 10.4. The van der Waals surface area contributed by atoms with Gasteiger partial charge in [0.05, 0.1) is 16.6 Å². The topological polar surface area (TPSA) is 41.9 Å². The van der Waals surface area contributed by atoms with Gasteiger partial charge in [-0.05, 0) is 37.1 Å². The highest BCUT2D eigenvalue weighted by molar-refractivity contribution is 6.64. The van der Waals surface area contributed by atoms with E-state index < -0.39 is 14.4 Å². The Morgan fingerprint density at radius 2 is 1.33 bits per heavy atom. The maximum absolute atomic E-state index is 5.24. The molecule has 6 rings (SSSR count). The number of nitrogens with zero attached hydrogens (tertiary/aromatic N) is 4. The number of fused-ring (bicyclic) bond motifs is 6. The molecule has 1 atom stereocenters. The Bertz CT molecular complexity index is 1740. The van der Waals surface area contributed by atoms with E-state index in [1.54, 1.807) is 0 Å². The van der Waals surface area contributed by atoms with Crippen LogP contribution in [0.3, 0.4) is 0 Å². The van der Waals surface area contributed by atoms with Crippen LogP contribution in [0.5, 0.6) is 0 Å². The largest absolute Gasteiger partial charge is 0.455 e. The molecule has 0 saturated heterocycles. The zero-order chi connectivity index (χ0) is 29.1. The van der Waals surface area contributed by atoms with Crippen LogP contribution in [0.25, 0.3) is 49.9 Å². The molecule has 3 aromatic heterocycles. The van der Waals surface area contributed by atoms with Crippen LogP contribution in [0.2, 0.25) is 10.6 Å². The van der Waals surface area contributed by atoms with Crippen molar-refractivity contribution in [2.45, 2.75) is 89.2 Å². The molecule has 0 saturated carbocycles. The summed E-state index contributed by atoms with van der Waals surface area (Å²) in [5.41, 5.74) is 9.56. The number of rotatable bonds is 11. The van der Waals surface area contributed by atoms with E-state index in [-0.39, 0.29) is 0 Å². The summed E-state index contributed by atoms with van der Waals surface area (Å²) in [5, 5.41) is 6.21. The smallest absolute Gasteiger partial charge is 0.414 e. The van der Waals surface area contributed by atoms with Crippen molar-refractivity contribution in [3.8, 4) is 11.1 Å². The van der Waals surface area contributed by atoms with Gasteiger partial charge in [-0.1, -0.05) is 112 Å². The van der Waals surface area contributed by atoms with E-state index in [2.05, 4.69) is 91.3 Å². The zero-order valence-electron chi connectivity index (χ0n) is 25.7. The third-order valence-corrected chi connectivity index (χ3v) is 12.7. The number of hydrogen-bond donors (Lipinski definition) is 0. The molecule has 1 aliphatic heterocycles. The second kappa shape index (κ2) is 12.9. The highest BCUT2D eigenvalue weighted by atomic mass is 27.2. The monoisotopic (exact) mass is 570 g/mol. The lowest BCUT2D eigenvalue weighted by molar-refractivity contribution is 0.625.